The van der Waals surface area contributed by atoms with Gasteiger partial charge in [-0.15, -0.1) is 11.3 Å². The average Bonchev–Trinajstić information content (AvgIpc) is 3.54. The van der Waals surface area contributed by atoms with Crippen molar-refractivity contribution in [1.82, 2.24) is 30.0 Å². The van der Waals surface area contributed by atoms with E-state index in [9.17, 15) is 4.79 Å². The monoisotopic (exact) mass is 515 g/mol. The van der Waals surface area contributed by atoms with Gasteiger partial charge < -0.3 is 4.74 Å². The van der Waals surface area contributed by atoms with Crippen LogP contribution in [-0.4, -0.2) is 37.1 Å². The third-order valence-corrected chi connectivity index (χ3v) is 6.78. The number of hydrazine groups is 1. The first-order chi connectivity index (χ1) is 15.5. The van der Waals surface area contributed by atoms with Crippen molar-refractivity contribution in [3.05, 3.63) is 51.1 Å². The van der Waals surface area contributed by atoms with Crippen LogP contribution in [-0.2, 0) is 11.8 Å². The Balaban J connectivity index is 1.65. The van der Waals surface area contributed by atoms with Gasteiger partial charge in [0.05, 0.1) is 28.3 Å². The Labute approximate surface area is 197 Å². The van der Waals surface area contributed by atoms with Crippen LogP contribution in [0.15, 0.2) is 40.7 Å². The molecule has 4 aromatic rings. The van der Waals surface area contributed by atoms with E-state index in [0.717, 1.165) is 48.0 Å². The van der Waals surface area contributed by atoms with Crippen molar-refractivity contribution in [3.63, 3.8) is 0 Å². The molecule has 9 nitrogen and oxygen atoms in total. The van der Waals surface area contributed by atoms with Gasteiger partial charge in [-0.1, -0.05) is 6.07 Å². The molecule has 11 heteroatoms. The van der Waals surface area contributed by atoms with Crippen LogP contribution in [0.1, 0.15) is 40.7 Å². The van der Waals surface area contributed by atoms with E-state index in [4.69, 9.17) is 9.84 Å². The summed E-state index contributed by atoms with van der Waals surface area (Å²) in [6.07, 6.45) is 6.37. The number of fused-ring (bicyclic) bond motifs is 1. The molecule has 1 aliphatic heterocycles. The predicted octanol–water partition coefficient (Wildman–Crippen LogP) is 4.48. The third-order valence-electron chi connectivity index (χ3n) is 5.46. The maximum Gasteiger partial charge on any atom is 0.281 e. The van der Waals surface area contributed by atoms with Gasteiger partial charge in [-0.3, -0.25) is 19.9 Å². The van der Waals surface area contributed by atoms with Crippen LogP contribution in [0.2, 0.25) is 0 Å². The molecule has 0 spiro atoms. The van der Waals surface area contributed by atoms with Crippen LogP contribution in [0.25, 0.3) is 10.9 Å². The van der Waals surface area contributed by atoms with Gasteiger partial charge in [-0.05, 0) is 53.7 Å². The number of carbonyl (C=O) groups excluding carboxylic acids is 1. The highest BCUT2D eigenvalue weighted by atomic mass is 79.9. The van der Waals surface area contributed by atoms with E-state index in [1.807, 2.05) is 43.0 Å². The van der Waals surface area contributed by atoms with Crippen molar-refractivity contribution in [1.29, 1.82) is 0 Å². The molecule has 1 saturated heterocycles. The molecular formula is C21H22BrN7O2S. The van der Waals surface area contributed by atoms with Crippen molar-refractivity contribution in [3.8, 4) is 0 Å². The van der Waals surface area contributed by atoms with Crippen LogP contribution in [0, 0.1) is 6.92 Å². The van der Waals surface area contributed by atoms with Gasteiger partial charge in [0.1, 0.15) is 9.48 Å². The smallest absolute Gasteiger partial charge is 0.281 e. The van der Waals surface area contributed by atoms with Crippen LogP contribution in [0.4, 0.5) is 11.5 Å². The van der Waals surface area contributed by atoms with Gasteiger partial charge in [0.25, 0.3) is 5.91 Å². The lowest BCUT2D eigenvalue weighted by atomic mass is 10.1. The number of thiazole rings is 1. The van der Waals surface area contributed by atoms with E-state index in [-0.39, 0.29) is 12.1 Å². The number of aromatic nitrogens is 5. The summed E-state index contributed by atoms with van der Waals surface area (Å²) >= 11 is 4.94. The molecule has 1 fully saturated rings. The number of hydrogen-bond acceptors (Lipinski definition) is 7. The average molecular weight is 516 g/mol. The molecule has 1 N–H and O–H groups in total. The van der Waals surface area contributed by atoms with E-state index < -0.39 is 0 Å². The van der Waals surface area contributed by atoms with E-state index in [1.165, 1.54) is 11.3 Å². The Bertz CT molecular complexity index is 1260. The molecule has 3 aromatic heterocycles. The fourth-order valence-corrected chi connectivity index (χ4v) is 5.01. The number of rotatable bonds is 5. The van der Waals surface area contributed by atoms with E-state index in [0.29, 0.717) is 15.3 Å². The van der Waals surface area contributed by atoms with Gasteiger partial charge >= 0.3 is 0 Å². The van der Waals surface area contributed by atoms with Crippen LogP contribution in [0.5, 0.6) is 0 Å². The number of carbonyl (C=O) groups is 1. The first-order valence-electron chi connectivity index (χ1n) is 10.3. The highest BCUT2D eigenvalue weighted by Gasteiger charge is 2.27. The topological polar surface area (TPSA) is 90.1 Å². The summed E-state index contributed by atoms with van der Waals surface area (Å²) in [5.74, 6) is 0.336. The number of aryl methyl sites for hydroxylation is 2. The fraction of sp³-hybridized carbons (Fsp3) is 0.333. The van der Waals surface area contributed by atoms with Gasteiger partial charge in [0.2, 0.25) is 0 Å². The Hall–Kier alpha value is -2.76. The molecule has 1 amide bonds. The Morgan fingerprint density at radius 2 is 2.19 bits per heavy atom. The number of halogens is 1. The number of amides is 1. The fourth-order valence-electron chi connectivity index (χ4n) is 3.94. The number of hydrogen-bond donors (Lipinski definition) is 1. The summed E-state index contributed by atoms with van der Waals surface area (Å²) in [6, 6.07) is 5.93. The third kappa shape index (κ3) is 3.80. The second-order valence-corrected chi connectivity index (χ2v) is 9.31. The molecule has 0 bridgehead atoms. The number of nitrogens with one attached hydrogen (secondary N) is 1. The first-order valence-corrected chi connectivity index (χ1v) is 12.0. The predicted molar refractivity (Wildman–Crippen MR) is 126 cm³/mol. The van der Waals surface area contributed by atoms with Crippen molar-refractivity contribution in [2.24, 2.45) is 7.05 Å². The second kappa shape index (κ2) is 8.64. The van der Waals surface area contributed by atoms with Crippen LogP contribution in [0.3, 0.4) is 0 Å². The number of benzene rings is 1. The summed E-state index contributed by atoms with van der Waals surface area (Å²) in [5, 5.41) is 11.9. The Morgan fingerprint density at radius 1 is 1.31 bits per heavy atom. The molecule has 0 aliphatic carbocycles. The summed E-state index contributed by atoms with van der Waals surface area (Å²) in [4.78, 5) is 17.5. The largest absolute Gasteiger partial charge is 0.356 e. The number of ether oxygens (including phenoxy) is 1. The second-order valence-electron chi connectivity index (χ2n) is 7.67. The minimum atomic E-state index is -0.256. The zero-order chi connectivity index (χ0) is 22.2. The molecule has 166 valence electrons. The Morgan fingerprint density at radius 3 is 2.88 bits per heavy atom. The van der Waals surface area contributed by atoms with E-state index in [1.54, 1.807) is 21.4 Å². The molecule has 0 saturated carbocycles. The summed E-state index contributed by atoms with van der Waals surface area (Å²) in [7, 11) is 1.84. The number of nitrogens with zero attached hydrogens (tertiary/aromatic N) is 6. The first kappa shape index (κ1) is 21.1. The molecule has 4 heterocycles. The molecular weight excluding hydrogens is 494 g/mol. The van der Waals surface area contributed by atoms with Crippen molar-refractivity contribution < 1.29 is 9.53 Å². The lowest BCUT2D eigenvalue weighted by Gasteiger charge is -2.26. The molecule has 5 rings (SSSR count). The molecule has 1 aliphatic rings. The lowest BCUT2D eigenvalue weighted by molar-refractivity contribution is -0.0368. The zero-order valence-electron chi connectivity index (χ0n) is 17.7. The minimum absolute atomic E-state index is 0.108. The van der Waals surface area contributed by atoms with E-state index >= 15 is 0 Å². The summed E-state index contributed by atoms with van der Waals surface area (Å²) in [6.45, 7) is 2.73. The zero-order valence-corrected chi connectivity index (χ0v) is 20.1. The maximum absolute atomic E-state index is 13.0. The molecule has 0 radical (unpaired) electrons. The van der Waals surface area contributed by atoms with Crippen molar-refractivity contribution >= 4 is 55.6 Å². The normalized spacial score (nSPS) is 16.4. The van der Waals surface area contributed by atoms with Crippen molar-refractivity contribution in [2.75, 3.05) is 11.6 Å². The van der Waals surface area contributed by atoms with Gasteiger partial charge in [0, 0.05) is 25.9 Å². The number of anilines is 2. The SMILES string of the molecule is Cc1ccc2c(c(Br)nn2C2CCCCO2)c1N(NC(=O)c1cncs1)c1ccn(C)n1. The molecule has 1 atom stereocenters. The van der Waals surface area contributed by atoms with Crippen molar-refractivity contribution in [2.45, 2.75) is 32.4 Å². The quantitative estimate of drug-likeness (QED) is 0.394. The molecule has 1 aromatic carbocycles. The molecule has 32 heavy (non-hydrogen) atoms. The highest BCUT2D eigenvalue weighted by Crippen LogP contribution is 2.39. The summed E-state index contributed by atoms with van der Waals surface area (Å²) in [5.41, 5.74) is 7.35. The van der Waals surface area contributed by atoms with Crippen LogP contribution >= 0.6 is 27.3 Å². The standard InChI is InChI=1S/C21H22BrN7O2S/c1-13-6-7-14-18(20(22)25-28(14)17-5-3-4-10-31-17)19(13)29(16-8-9-27(2)24-16)26-21(30)15-11-23-12-32-15/h6-9,11-12,17H,3-5,10H2,1-2H3,(H,26,30). The highest BCUT2D eigenvalue weighted by molar-refractivity contribution is 9.10. The van der Waals surface area contributed by atoms with Gasteiger partial charge in [-0.2, -0.15) is 10.2 Å². The summed E-state index contributed by atoms with van der Waals surface area (Å²) < 4.78 is 10.3. The van der Waals surface area contributed by atoms with Gasteiger partial charge in [-0.25, -0.2) is 9.69 Å². The maximum atomic E-state index is 13.0. The Kier molecular flexibility index (Phi) is 5.70. The molecule has 1 unspecified atom stereocenters. The van der Waals surface area contributed by atoms with Gasteiger partial charge in [0.15, 0.2) is 12.0 Å². The lowest BCUT2D eigenvalue weighted by Crippen LogP contribution is -2.39. The minimum Gasteiger partial charge on any atom is -0.356 e. The van der Waals surface area contributed by atoms with E-state index in [2.05, 4.69) is 31.4 Å². The van der Waals surface area contributed by atoms with Crippen LogP contribution < -0.4 is 10.4 Å².